The summed E-state index contributed by atoms with van der Waals surface area (Å²) < 4.78 is 2.12. The number of nitrogens with one attached hydrogen (secondary N) is 3. The molecular formula is C20H21N5O3. The summed E-state index contributed by atoms with van der Waals surface area (Å²) in [5.41, 5.74) is 1.08. The van der Waals surface area contributed by atoms with Crippen LogP contribution in [-0.2, 0) is 24.3 Å². The Morgan fingerprint density at radius 3 is 2.89 bits per heavy atom. The van der Waals surface area contributed by atoms with Crippen LogP contribution in [0.25, 0.3) is 10.9 Å². The van der Waals surface area contributed by atoms with E-state index in [1.165, 1.54) is 6.20 Å². The molecule has 0 saturated carbocycles. The largest absolute Gasteiger partial charge is 0.360 e. The van der Waals surface area contributed by atoms with Gasteiger partial charge in [-0.15, -0.1) is 0 Å². The lowest BCUT2D eigenvalue weighted by atomic mass is 10.1. The van der Waals surface area contributed by atoms with E-state index in [-0.39, 0.29) is 23.4 Å². The zero-order valence-electron chi connectivity index (χ0n) is 15.3. The maximum Gasteiger partial charge on any atom is 0.257 e. The van der Waals surface area contributed by atoms with Crippen molar-refractivity contribution < 1.29 is 9.59 Å². The molecular weight excluding hydrogens is 358 g/mol. The van der Waals surface area contributed by atoms with Gasteiger partial charge in [-0.25, -0.2) is 4.98 Å². The summed E-state index contributed by atoms with van der Waals surface area (Å²) in [5.74, 6) is 0.135. The number of benzene rings is 1. The van der Waals surface area contributed by atoms with Crippen molar-refractivity contribution in [3.63, 3.8) is 0 Å². The van der Waals surface area contributed by atoms with Crippen LogP contribution in [0.15, 0.2) is 41.5 Å². The van der Waals surface area contributed by atoms with Crippen molar-refractivity contribution >= 4 is 22.7 Å². The predicted molar refractivity (Wildman–Crippen MR) is 104 cm³/mol. The molecule has 4 rings (SSSR count). The molecule has 1 aromatic carbocycles. The number of aromatic amines is 1. The van der Waals surface area contributed by atoms with Gasteiger partial charge in [0.25, 0.3) is 5.91 Å². The van der Waals surface area contributed by atoms with Gasteiger partial charge in [0.2, 0.25) is 11.3 Å². The Kier molecular flexibility index (Phi) is 4.92. The highest BCUT2D eigenvalue weighted by Gasteiger charge is 2.15. The normalized spacial score (nSPS) is 13.1. The van der Waals surface area contributed by atoms with Gasteiger partial charge in [-0.1, -0.05) is 12.1 Å². The summed E-state index contributed by atoms with van der Waals surface area (Å²) in [4.78, 5) is 44.2. The van der Waals surface area contributed by atoms with Crippen molar-refractivity contribution in [2.45, 2.75) is 32.4 Å². The van der Waals surface area contributed by atoms with E-state index < -0.39 is 5.91 Å². The van der Waals surface area contributed by atoms with Crippen molar-refractivity contribution in [3.05, 3.63) is 64.0 Å². The fourth-order valence-corrected chi connectivity index (χ4v) is 3.40. The smallest absolute Gasteiger partial charge is 0.257 e. The molecule has 0 saturated heterocycles. The highest BCUT2D eigenvalue weighted by molar-refractivity contribution is 5.98. The summed E-state index contributed by atoms with van der Waals surface area (Å²) in [7, 11) is 0. The first kappa shape index (κ1) is 18.0. The first-order valence-corrected chi connectivity index (χ1v) is 9.32. The third kappa shape index (κ3) is 3.66. The molecule has 2 aromatic heterocycles. The molecule has 2 amide bonds. The van der Waals surface area contributed by atoms with E-state index in [1.807, 2.05) is 6.20 Å². The first-order chi connectivity index (χ1) is 13.6. The number of aryl methyl sites for hydroxylation is 2. The molecule has 28 heavy (non-hydrogen) atoms. The zero-order chi connectivity index (χ0) is 19.5. The van der Waals surface area contributed by atoms with Crippen molar-refractivity contribution in [1.29, 1.82) is 0 Å². The monoisotopic (exact) mass is 379 g/mol. The molecule has 0 aliphatic carbocycles. The van der Waals surface area contributed by atoms with Crippen molar-refractivity contribution in [1.82, 2.24) is 25.2 Å². The van der Waals surface area contributed by atoms with Gasteiger partial charge >= 0.3 is 0 Å². The Hall–Kier alpha value is -3.42. The third-order valence-corrected chi connectivity index (χ3v) is 4.87. The standard InChI is InChI=1S/C20H21N5O3/c26-18(22-9-13-12-25-8-4-3-7-17(25)24-13)11-23-20(28)15-10-21-16-6-2-1-5-14(16)19(15)27/h1-2,5-6,10,12H,3-4,7-9,11H2,(H,21,27)(H,22,26)(H,23,28). The minimum absolute atomic E-state index is 0.0201. The highest BCUT2D eigenvalue weighted by Crippen LogP contribution is 2.14. The van der Waals surface area contributed by atoms with Crippen molar-refractivity contribution in [2.24, 2.45) is 0 Å². The number of aromatic nitrogens is 3. The van der Waals surface area contributed by atoms with Crippen LogP contribution in [0.3, 0.4) is 0 Å². The lowest BCUT2D eigenvalue weighted by Gasteiger charge is -2.11. The lowest BCUT2D eigenvalue weighted by Crippen LogP contribution is -2.38. The Balaban J connectivity index is 1.33. The number of fused-ring (bicyclic) bond motifs is 2. The first-order valence-electron chi connectivity index (χ1n) is 9.32. The van der Waals surface area contributed by atoms with Crippen molar-refractivity contribution in [3.8, 4) is 0 Å². The average Bonchev–Trinajstić information content (AvgIpc) is 3.14. The molecule has 0 bridgehead atoms. The third-order valence-electron chi connectivity index (χ3n) is 4.87. The van der Waals surface area contributed by atoms with Crippen LogP contribution in [0.1, 0.15) is 34.7 Å². The van der Waals surface area contributed by atoms with E-state index in [0.717, 1.165) is 37.3 Å². The number of amides is 2. The van der Waals surface area contributed by atoms with Crippen LogP contribution < -0.4 is 16.1 Å². The van der Waals surface area contributed by atoms with E-state index in [0.29, 0.717) is 17.4 Å². The second-order valence-electron chi connectivity index (χ2n) is 6.84. The molecule has 1 aliphatic rings. The van der Waals surface area contributed by atoms with E-state index in [9.17, 15) is 14.4 Å². The van der Waals surface area contributed by atoms with Gasteiger partial charge in [0.05, 0.1) is 18.8 Å². The van der Waals surface area contributed by atoms with Gasteiger partial charge in [0.1, 0.15) is 11.4 Å². The van der Waals surface area contributed by atoms with Gasteiger partial charge in [-0.3, -0.25) is 14.4 Å². The maximum atomic E-state index is 12.4. The van der Waals surface area contributed by atoms with Crippen LogP contribution in [0.4, 0.5) is 0 Å². The summed E-state index contributed by atoms with van der Waals surface area (Å²) in [6.45, 7) is 1.07. The topological polar surface area (TPSA) is 109 Å². The van der Waals surface area contributed by atoms with Crippen LogP contribution >= 0.6 is 0 Å². The minimum atomic E-state index is -0.584. The van der Waals surface area contributed by atoms with E-state index in [4.69, 9.17) is 0 Å². The molecule has 3 heterocycles. The number of H-pyrrole nitrogens is 1. The number of nitrogens with zero attached hydrogens (tertiary/aromatic N) is 2. The molecule has 8 nitrogen and oxygen atoms in total. The van der Waals surface area contributed by atoms with Crippen LogP contribution in [0, 0.1) is 0 Å². The molecule has 3 aromatic rings. The van der Waals surface area contributed by atoms with Crippen LogP contribution in [0.2, 0.25) is 0 Å². The quantitative estimate of drug-likeness (QED) is 0.617. The summed E-state index contributed by atoms with van der Waals surface area (Å²) in [6, 6.07) is 6.96. The molecule has 0 fully saturated rings. The molecule has 0 atom stereocenters. The molecule has 0 spiro atoms. The fourth-order valence-electron chi connectivity index (χ4n) is 3.40. The molecule has 3 N–H and O–H groups in total. The van der Waals surface area contributed by atoms with Gasteiger partial charge in [-0.2, -0.15) is 0 Å². The van der Waals surface area contributed by atoms with E-state index in [2.05, 4.69) is 25.2 Å². The molecule has 1 aliphatic heterocycles. The predicted octanol–water partition coefficient (Wildman–Crippen LogP) is 1.11. The SMILES string of the molecule is O=C(CNC(=O)c1c[nH]c2ccccc2c1=O)NCc1cn2c(n1)CCCC2. The Morgan fingerprint density at radius 1 is 1.18 bits per heavy atom. The number of carbonyl (C=O) groups is 2. The molecule has 0 unspecified atom stereocenters. The minimum Gasteiger partial charge on any atom is -0.360 e. The summed E-state index contributed by atoms with van der Waals surface area (Å²) >= 11 is 0. The average molecular weight is 379 g/mol. The van der Waals surface area contributed by atoms with Crippen molar-refractivity contribution in [2.75, 3.05) is 6.54 Å². The fraction of sp³-hybridized carbons (Fsp3) is 0.300. The number of rotatable bonds is 5. The number of para-hydroxylation sites is 1. The van der Waals surface area contributed by atoms with Gasteiger partial charge in [-0.05, 0) is 25.0 Å². The highest BCUT2D eigenvalue weighted by atomic mass is 16.2. The number of pyridine rings is 1. The number of hydrogen-bond acceptors (Lipinski definition) is 4. The Morgan fingerprint density at radius 2 is 2.04 bits per heavy atom. The Labute approximate surface area is 161 Å². The van der Waals surface area contributed by atoms with Gasteiger partial charge < -0.3 is 20.2 Å². The summed E-state index contributed by atoms with van der Waals surface area (Å²) in [5, 5.41) is 5.67. The molecule has 0 radical (unpaired) electrons. The second-order valence-corrected chi connectivity index (χ2v) is 6.84. The molecule has 144 valence electrons. The maximum absolute atomic E-state index is 12.4. The van der Waals surface area contributed by atoms with Gasteiger partial charge in [0.15, 0.2) is 0 Å². The van der Waals surface area contributed by atoms with Crippen LogP contribution in [-0.4, -0.2) is 32.9 Å². The molecule has 8 heteroatoms. The van der Waals surface area contributed by atoms with Gasteiger partial charge in [0, 0.05) is 36.3 Å². The van der Waals surface area contributed by atoms with E-state index in [1.54, 1.807) is 24.3 Å². The van der Waals surface area contributed by atoms with Crippen LogP contribution in [0.5, 0.6) is 0 Å². The zero-order valence-corrected chi connectivity index (χ0v) is 15.3. The Bertz CT molecular complexity index is 1080. The number of hydrogen-bond donors (Lipinski definition) is 3. The lowest BCUT2D eigenvalue weighted by molar-refractivity contribution is -0.120. The van der Waals surface area contributed by atoms with E-state index >= 15 is 0 Å². The number of carbonyl (C=O) groups excluding carboxylic acids is 2. The summed E-state index contributed by atoms with van der Waals surface area (Å²) in [6.07, 6.45) is 6.58. The second kappa shape index (κ2) is 7.67. The number of imidazole rings is 1.